The minimum Gasteiger partial charge on any atom is -0.486 e. The van der Waals surface area contributed by atoms with Crippen LogP contribution in [0.5, 0.6) is 5.75 Å². The highest BCUT2D eigenvalue weighted by molar-refractivity contribution is 5.88. The summed E-state index contributed by atoms with van der Waals surface area (Å²) in [6, 6.07) is 13.0. The number of carbonyl (C=O) groups excluding carboxylic acids is 4. The molecule has 2 fully saturated rings. The van der Waals surface area contributed by atoms with Crippen LogP contribution < -0.4 is 10.1 Å². The second-order valence-electron chi connectivity index (χ2n) is 13.6. The third-order valence-corrected chi connectivity index (χ3v) is 7.83. The number of alkyl carbamates (subject to hydrolysis) is 1. The van der Waals surface area contributed by atoms with Crippen molar-refractivity contribution in [2.24, 2.45) is 5.41 Å². The first-order chi connectivity index (χ1) is 21.1. The molecular formula is C34H44FN3O7. The van der Waals surface area contributed by atoms with Crippen molar-refractivity contribution >= 4 is 23.9 Å². The van der Waals surface area contributed by atoms with Crippen molar-refractivity contribution in [2.75, 3.05) is 13.1 Å². The fraction of sp³-hybridized carbons (Fsp3) is 0.529. The smallest absolute Gasteiger partial charge is 0.408 e. The minimum absolute atomic E-state index is 0.0469. The Hall–Kier alpha value is -4.15. The highest BCUT2D eigenvalue weighted by Crippen LogP contribution is 2.36. The number of amides is 3. The molecular weight excluding hydrogens is 581 g/mol. The van der Waals surface area contributed by atoms with Gasteiger partial charge in [-0.2, -0.15) is 0 Å². The van der Waals surface area contributed by atoms with Crippen molar-refractivity contribution in [3.8, 4) is 5.75 Å². The van der Waals surface area contributed by atoms with Gasteiger partial charge in [0.2, 0.25) is 11.8 Å². The standard InChI is InChI=1S/C34H44FN3O7/c1-33(2,3)30(36-32(42)43-21-22-10-8-7-9-11-22)31(41)37-19-18-25-29(37)26(44-24-14-12-23(35)13-15-24)20-38(25)27(39)16-17-28(40)45-34(4,5)6/h7-15,25-26,29-30H,16-21H2,1-6H3,(H,36,42)/t25-,26+,29+,30-/m1/s1. The van der Waals surface area contributed by atoms with Crippen LogP contribution in [0.3, 0.4) is 0 Å². The molecule has 0 bridgehead atoms. The number of likely N-dealkylation sites (tertiary alicyclic amines) is 2. The number of rotatable bonds is 9. The van der Waals surface area contributed by atoms with Crippen molar-refractivity contribution in [1.29, 1.82) is 0 Å². The zero-order chi connectivity index (χ0) is 32.9. The van der Waals surface area contributed by atoms with Gasteiger partial charge < -0.3 is 29.3 Å². The molecule has 11 heteroatoms. The molecule has 1 N–H and O–H groups in total. The van der Waals surface area contributed by atoms with Gasteiger partial charge in [-0.1, -0.05) is 51.1 Å². The van der Waals surface area contributed by atoms with Crippen LogP contribution in [-0.2, 0) is 30.5 Å². The Balaban J connectivity index is 1.51. The Morgan fingerprint density at radius 1 is 0.933 bits per heavy atom. The van der Waals surface area contributed by atoms with Gasteiger partial charge in [0.05, 0.1) is 25.0 Å². The van der Waals surface area contributed by atoms with Gasteiger partial charge >= 0.3 is 12.1 Å². The Kier molecular flexibility index (Phi) is 10.4. The summed E-state index contributed by atoms with van der Waals surface area (Å²) in [5.74, 6) is -1.04. The molecule has 2 heterocycles. The normalized spacial score (nSPS) is 20.3. The number of halogens is 1. The number of esters is 1. The average Bonchev–Trinajstić information content (AvgIpc) is 3.55. The summed E-state index contributed by atoms with van der Waals surface area (Å²) in [5, 5.41) is 2.77. The van der Waals surface area contributed by atoms with Gasteiger partial charge in [-0.15, -0.1) is 0 Å². The van der Waals surface area contributed by atoms with Crippen LogP contribution in [0.25, 0.3) is 0 Å². The van der Waals surface area contributed by atoms with Crippen LogP contribution in [0.1, 0.15) is 66.4 Å². The van der Waals surface area contributed by atoms with E-state index in [-0.39, 0.29) is 43.8 Å². The van der Waals surface area contributed by atoms with E-state index >= 15 is 0 Å². The summed E-state index contributed by atoms with van der Waals surface area (Å²) in [5.41, 5.74) is -0.516. The van der Waals surface area contributed by atoms with Crippen LogP contribution in [0.2, 0.25) is 0 Å². The minimum atomic E-state index is -0.928. The molecule has 244 valence electrons. The first-order valence-corrected chi connectivity index (χ1v) is 15.3. The van der Waals surface area contributed by atoms with E-state index in [0.29, 0.717) is 18.7 Å². The van der Waals surface area contributed by atoms with Gasteiger partial charge in [-0.3, -0.25) is 14.4 Å². The molecule has 2 aliphatic rings. The van der Waals surface area contributed by atoms with E-state index < -0.39 is 47.1 Å². The number of nitrogens with one attached hydrogen (secondary N) is 1. The molecule has 45 heavy (non-hydrogen) atoms. The summed E-state index contributed by atoms with van der Waals surface area (Å²) in [7, 11) is 0. The van der Waals surface area contributed by atoms with Crippen LogP contribution in [0.4, 0.5) is 9.18 Å². The van der Waals surface area contributed by atoms with Gasteiger partial charge in [0, 0.05) is 13.0 Å². The Labute approximate surface area is 264 Å². The zero-order valence-corrected chi connectivity index (χ0v) is 26.9. The number of carbonyl (C=O) groups is 4. The van der Waals surface area contributed by atoms with Crippen LogP contribution in [0, 0.1) is 11.2 Å². The maximum absolute atomic E-state index is 14.2. The molecule has 4 atom stereocenters. The zero-order valence-electron chi connectivity index (χ0n) is 26.9. The monoisotopic (exact) mass is 625 g/mol. The lowest BCUT2D eigenvalue weighted by Gasteiger charge is -2.36. The third-order valence-electron chi connectivity index (χ3n) is 7.83. The third kappa shape index (κ3) is 8.95. The number of benzene rings is 2. The molecule has 0 aliphatic carbocycles. The van der Waals surface area contributed by atoms with E-state index in [1.165, 1.54) is 24.3 Å². The largest absolute Gasteiger partial charge is 0.486 e. The van der Waals surface area contributed by atoms with Crippen molar-refractivity contribution in [2.45, 2.75) is 97.2 Å². The molecule has 2 aromatic carbocycles. The average molecular weight is 626 g/mol. The van der Waals surface area contributed by atoms with E-state index in [4.69, 9.17) is 14.2 Å². The fourth-order valence-electron chi connectivity index (χ4n) is 5.81. The molecule has 0 unspecified atom stereocenters. The van der Waals surface area contributed by atoms with E-state index in [1.807, 2.05) is 51.1 Å². The second kappa shape index (κ2) is 13.9. The quantitative estimate of drug-likeness (QED) is 0.397. The van der Waals surface area contributed by atoms with E-state index in [0.717, 1.165) is 5.56 Å². The van der Waals surface area contributed by atoms with E-state index in [2.05, 4.69) is 5.32 Å². The van der Waals surface area contributed by atoms with Gasteiger partial charge in [-0.05, 0) is 62.4 Å². The van der Waals surface area contributed by atoms with Crippen molar-refractivity contribution in [3.05, 3.63) is 66.0 Å². The summed E-state index contributed by atoms with van der Waals surface area (Å²) in [6.45, 7) is 11.4. The van der Waals surface area contributed by atoms with Gasteiger partial charge in [0.25, 0.3) is 0 Å². The molecule has 3 amide bonds. The number of ether oxygens (including phenoxy) is 3. The predicted molar refractivity (Wildman–Crippen MR) is 165 cm³/mol. The molecule has 2 aromatic rings. The molecule has 4 rings (SSSR count). The second-order valence-corrected chi connectivity index (χ2v) is 13.6. The van der Waals surface area contributed by atoms with Crippen LogP contribution in [0.15, 0.2) is 54.6 Å². The molecule has 2 saturated heterocycles. The number of hydrogen-bond acceptors (Lipinski definition) is 7. The lowest BCUT2D eigenvalue weighted by atomic mass is 9.85. The van der Waals surface area contributed by atoms with Gasteiger partial charge in [0.1, 0.15) is 35.9 Å². The van der Waals surface area contributed by atoms with E-state index in [9.17, 15) is 23.6 Å². The summed E-state index contributed by atoms with van der Waals surface area (Å²) >= 11 is 0. The van der Waals surface area contributed by atoms with Crippen molar-refractivity contribution in [3.63, 3.8) is 0 Å². The van der Waals surface area contributed by atoms with E-state index in [1.54, 1.807) is 30.6 Å². The fourth-order valence-corrected chi connectivity index (χ4v) is 5.81. The molecule has 0 saturated carbocycles. The van der Waals surface area contributed by atoms with Gasteiger partial charge in [-0.25, -0.2) is 9.18 Å². The van der Waals surface area contributed by atoms with Crippen molar-refractivity contribution < 1.29 is 37.8 Å². The molecule has 10 nitrogen and oxygen atoms in total. The summed E-state index contributed by atoms with van der Waals surface area (Å²) in [4.78, 5) is 56.2. The molecule has 0 radical (unpaired) electrons. The maximum Gasteiger partial charge on any atom is 0.408 e. The van der Waals surface area contributed by atoms with Crippen LogP contribution >= 0.6 is 0 Å². The lowest BCUT2D eigenvalue weighted by Crippen LogP contribution is -2.58. The highest BCUT2D eigenvalue weighted by atomic mass is 19.1. The molecule has 0 spiro atoms. The first kappa shape index (κ1) is 33.7. The number of fused-ring (bicyclic) bond motifs is 1. The predicted octanol–water partition coefficient (Wildman–Crippen LogP) is 4.85. The molecule has 0 aromatic heterocycles. The Morgan fingerprint density at radius 3 is 2.22 bits per heavy atom. The van der Waals surface area contributed by atoms with Crippen molar-refractivity contribution in [1.82, 2.24) is 15.1 Å². The summed E-state index contributed by atoms with van der Waals surface area (Å²) < 4.78 is 30.7. The SMILES string of the molecule is CC(C)(C)OC(=O)CCC(=O)N1C[C@H](Oc2ccc(F)cc2)[C@@H]2[C@H]1CCN2C(=O)[C@@H](NC(=O)OCc1ccccc1)C(C)(C)C. The number of hydrogen-bond donors (Lipinski definition) is 1. The topological polar surface area (TPSA) is 114 Å². The summed E-state index contributed by atoms with van der Waals surface area (Å²) in [6.07, 6.45) is -0.963. The van der Waals surface area contributed by atoms with Gasteiger partial charge in [0.15, 0.2) is 0 Å². The Bertz CT molecular complexity index is 1350. The number of nitrogens with zero attached hydrogens (tertiary/aromatic N) is 2. The highest BCUT2D eigenvalue weighted by Gasteiger charge is 2.54. The molecule has 2 aliphatic heterocycles. The van der Waals surface area contributed by atoms with Crippen LogP contribution in [-0.4, -0.2) is 76.6 Å². The Morgan fingerprint density at radius 2 is 1.60 bits per heavy atom. The lowest BCUT2D eigenvalue weighted by molar-refractivity contribution is -0.156. The first-order valence-electron chi connectivity index (χ1n) is 15.3. The maximum atomic E-state index is 14.2.